The summed E-state index contributed by atoms with van der Waals surface area (Å²) in [4.78, 5) is 2.47. The highest BCUT2D eigenvalue weighted by Gasteiger charge is 2.14. The second-order valence-corrected chi connectivity index (χ2v) is 6.09. The van der Waals surface area contributed by atoms with Gasteiger partial charge in [-0.25, -0.2) is 0 Å². The van der Waals surface area contributed by atoms with Gasteiger partial charge in [-0.15, -0.1) is 0 Å². The van der Waals surface area contributed by atoms with E-state index in [-0.39, 0.29) is 0 Å². The number of benzene rings is 1. The number of ether oxygens (including phenoxy) is 2. The molecule has 1 aromatic carbocycles. The highest BCUT2D eigenvalue weighted by Crippen LogP contribution is 2.25. The number of aryl methyl sites for hydroxylation is 1. The Balaban J connectivity index is 1.47. The maximum absolute atomic E-state index is 5.67. The molecule has 0 aromatic heterocycles. The second-order valence-electron chi connectivity index (χ2n) is 6.09. The van der Waals surface area contributed by atoms with Crippen LogP contribution in [0.3, 0.4) is 0 Å². The average Bonchev–Trinajstić information content (AvgIpc) is 2.54. The first-order valence-corrected chi connectivity index (χ1v) is 8.09. The van der Waals surface area contributed by atoms with Crippen LogP contribution >= 0.6 is 0 Å². The van der Waals surface area contributed by atoms with Crippen molar-refractivity contribution in [3.05, 3.63) is 29.3 Å². The third kappa shape index (κ3) is 4.19. The van der Waals surface area contributed by atoms with Crippen LogP contribution in [-0.2, 0) is 17.7 Å². The molecule has 0 radical (unpaired) electrons. The van der Waals surface area contributed by atoms with Gasteiger partial charge in [0.05, 0.1) is 19.8 Å². The smallest absolute Gasteiger partial charge is 0.122 e. The van der Waals surface area contributed by atoms with Crippen LogP contribution in [0.25, 0.3) is 0 Å². The van der Waals surface area contributed by atoms with E-state index in [9.17, 15) is 0 Å². The Hall–Kier alpha value is -1.10. The van der Waals surface area contributed by atoms with E-state index in [2.05, 4.69) is 35.3 Å². The molecule has 0 spiro atoms. The number of nitrogens with one attached hydrogen (secondary N) is 1. The van der Waals surface area contributed by atoms with Crippen molar-refractivity contribution in [2.75, 3.05) is 39.5 Å². The highest BCUT2D eigenvalue weighted by molar-refractivity contribution is 5.38. The van der Waals surface area contributed by atoms with E-state index < -0.39 is 0 Å². The molecule has 1 aromatic rings. The largest absolute Gasteiger partial charge is 0.493 e. The van der Waals surface area contributed by atoms with Crippen molar-refractivity contribution in [3.63, 3.8) is 0 Å². The Labute approximate surface area is 127 Å². The summed E-state index contributed by atoms with van der Waals surface area (Å²) in [6, 6.07) is 7.09. The lowest BCUT2D eigenvalue weighted by atomic mass is 10.0. The molecule has 4 heteroatoms. The molecule has 1 fully saturated rings. The van der Waals surface area contributed by atoms with Crippen LogP contribution < -0.4 is 10.1 Å². The summed E-state index contributed by atoms with van der Waals surface area (Å²) in [6.45, 7) is 9.01. The first-order chi connectivity index (χ1) is 10.3. The molecule has 0 amide bonds. The topological polar surface area (TPSA) is 33.7 Å². The lowest BCUT2D eigenvalue weighted by Crippen LogP contribution is -2.44. The van der Waals surface area contributed by atoms with E-state index in [0.717, 1.165) is 64.6 Å². The summed E-state index contributed by atoms with van der Waals surface area (Å²) in [5.74, 6) is 1.08. The molecule has 2 aliphatic rings. The molecule has 1 N–H and O–H groups in total. The Kier molecular flexibility index (Phi) is 5.12. The first kappa shape index (κ1) is 14.8. The minimum absolute atomic E-state index is 0.496. The van der Waals surface area contributed by atoms with E-state index in [1.165, 1.54) is 11.1 Å². The Morgan fingerprint density at radius 3 is 2.95 bits per heavy atom. The molecule has 0 unspecified atom stereocenters. The van der Waals surface area contributed by atoms with Gasteiger partial charge in [-0.1, -0.05) is 12.1 Å². The van der Waals surface area contributed by atoms with Gasteiger partial charge in [0.25, 0.3) is 0 Å². The van der Waals surface area contributed by atoms with Crippen LogP contribution in [0.4, 0.5) is 0 Å². The third-order valence-corrected chi connectivity index (χ3v) is 4.26. The number of nitrogens with zero attached hydrogens (tertiary/aromatic N) is 1. The maximum atomic E-state index is 5.67. The normalized spacial score (nSPS) is 20.6. The lowest BCUT2D eigenvalue weighted by Gasteiger charge is -2.29. The molecule has 21 heavy (non-hydrogen) atoms. The predicted octanol–water partition coefficient (Wildman–Crippen LogP) is 1.82. The first-order valence-electron chi connectivity index (χ1n) is 8.09. The zero-order valence-corrected chi connectivity index (χ0v) is 12.9. The Bertz CT molecular complexity index is 458. The molecule has 0 aliphatic carbocycles. The molecule has 1 atom stereocenters. The molecule has 116 valence electrons. The Morgan fingerprint density at radius 2 is 2.10 bits per heavy atom. The van der Waals surface area contributed by atoms with Gasteiger partial charge < -0.3 is 14.8 Å². The summed E-state index contributed by atoms with van der Waals surface area (Å²) >= 11 is 0. The van der Waals surface area contributed by atoms with Crippen LogP contribution in [-0.4, -0.2) is 50.4 Å². The summed E-state index contributed by atoms with van der Waals surface area (Å²) in [7, 11) is 0. The fourth-order valence-corrected chi connectivity index (χ4v) is 3.05. The van der Waals surface area contributed by atoms with Gasteiger partial charge in [-0.05, 0) is 37.0 Å². The van der Waals surface area contributed by atoms with E-state index >= 15 is 0 Å². The second kappa shape index (κ2) is 7.25. The molecule has 3 rings (SSSR count). The van der Waals surface area contributed by atoms with Gasteiger partial charge in [-0.3, -0.25) is 4.90 Å². The average molecular weight is 290 g/mol. The summed E-state index contributed by atoms with van der Waals surface area (Å²) in [5.41, 5.74) is 2.72. The molecule has 0 saturated carbocycles. The molecule has 1 saturated heterocycles. The van der Waals surface area contributed by atoms with E-state index in [4.69, 9.17) is 9.47 Å². The van der Waals surface area contributed by atoms with Crippen molar-refractivity contribution in [2.45, 2.75) is 32.4 Å². The number of rotatable bonds is 5. The van der Waals surface area contributed by atoms with Gasteiger partial charge in [0.2, 0.25) is 0 Å². The van der Waals surface area contributed by atoms with Gasteiger partial charge in [0.1, 0.15) is 5.75 Å². The molecule has 2 aliphatic heterocycles. The fourth-order valence-electron chi connectivity index (χ4n) is 3.05. The predicted molar refractivity (Wildman–Crippen MR) is 83.8 cm³/mol. The van der Waals surface area contributed by atoms with Crippen molar-refractivity contribution < 1.29 is 9.47 Å². The van der Waals surface area contributed by atoms with E-state index in [1.54, 1.807) is 0 Å². The van der Waals surface area contributed by atoms with Crippen molar-refractivity contribution in [3.8, 4) is 5.75 Å². The molecule has 4 nitrogen and oxygen atoms in total. The Morgan fingerprint density at radius 1 is 1.24 bits per heavy atom. The standard InChI is InChI=1S/C17H26N2O2/c1-14(13-19-6-9-20-10-7-19)18-12-15-4-5-17-16(11-15)3-2-8-21-17/h4-5,11,14,18H,2-3,6-10,12-13H2,1H3/t14-/m0/s1. The van der Waals surface area contributed by atoms with Crippen molar-refractivity contribution >= 4 is 0 Å². The van der Waals surface area contributed by atoms with Gasteiger partial charge >= 0.3 is 0 Å². The van der Waals surface area contributed by atoms with Crippen molar-refractivity contribution in [1.82, 2.24) is 10.2 Å². The SMILES string of the molecule is C[C@@H](CN1CCOCC1)NCc1ccc2c(c1)CCCO2. The number of hydrogen-bond acceptors (Lipinski definition) is 4. The zero-order valence-electron chi connectivity index (χ0n) is 12.9. The van der Waals surface area contributed by atoms with Gasteiger partial charge in [0.15, 0.2) is 0 Å². The number of hydrogen-bond donors (Lipinski definition) is 1. The highest BCUT2D eigenvalue weighted by atomic mass is 16.5. The minimum Gasteiger partial charge on any atom is -0.493 e. The summed E-state index contributed by atoms with van der Waals surface area (Å²) in [6.07, 6.45) is 2.28. The lowest BCUT2D eigenvalue weighted by molar-refractivity contribution is 0.0343. The minimum atomic E-state index is 0.496. The van der Waals surface area contributed by atoms with Crippen LogP contribution in [0.2, 0.25) is 0 Å². The number of fused-ring (bicyclic) bond motifs is 1. The van der Waals surface area contributed by atoms with Crippen molar-refractivity contribution in [1.29, 1.82) is 0 Å². The molecular formula is C17H26N2O2. The van der Waals surface area contributed by atoms with Crippen LogP contribution in [0.1, 0.15) is 24.5 Å². The number of morpholine rings is 1. The summed E-state index contributed by atoms with van der Waals surface area (Å²) in [5, 5.41) is 3.63. The van der Waals surface area contributed by atoms with Gasteiger partial charge in [0, 0.05) is 32.2 Å². The van der Waals surface area contributed by atoms with Crippen LogP contribution in [0.5, 0.6) is 5.75 Å². The van der Waals surface area contributed by atoms with Crippen LogP contribution in [0.15, 0.2) is 18.2 Å². The zero-order chi connectivity index (χ0) is 14.5. The monoisotopic (exact) mass is 290 g/mol. The molecule has 0 bridgehead atoms. The van der Waals surface area contributed by atoms with Crippen molar-refractivity contribution in [2.24, 2.45) is 0 Å². The fraction of sp³-hybridized carbons (Fsp3) is 0.647. The van der Waals surface area contributed by atoms with E-state index in [0.29, 0.717) is 6.04 Å². The third-order valence-electron chi connectivity index (χ3n) is 4.26. The molecular weight excluding hydrogens is 264 g/mol. The summed E-state index contributed by atoms with van der Waals surface area (Å²) < 4.78 is 11.1. The molecule has 2 heterocycles. The van der Waals surface area contributed by atoms with Gasteiger partial charge in [-0.2, -0.15) is 0 Å². The van der Waals surface area contributed by atoms with Crippen LogP contribution in [0, 0.1) is 0 Å². The quantitative estimate of drug-likeness (QED) is 0.897. The maximum Gasteiger partial charge on any atom is 0.122 e. The van der Waals surface area contributed by atoms with E-state index in [1.807, 2.05) is 0 Å².